The minimum absolute atomic E-state index is 0.0521. The maximum Gasteiger partial charge on any atom is 0.293 e. The molecule has 7 heteroatoms. The number of nitrogens with zero attached hydrogens (tertiary/aromatic N) is 2. The van der Waals surface area contributed by atoms with Crippen molar-refractivity contribution in [3.05, 3.63) is 36.1 Å². The Morgan fingerprint density at radius 3 is 2.67 bits per heavy atom. The number of hydrogen-bond acceptors (Lipinski definition) is 6. The first-order chi connectivity index (χ1) is 10.1. The summed E-state index contributed by atoms with van der Waals surface area (Å²) in [5.74, 6) is -0.496. The molecule has 0 aliphatic heterocycles. The van der Waals surface area contributed by atoms with Gasteiger partial charge in [-0.15, -0.1) is 0 Å². The molecule has 2 heterocycles. The fraction of sp³-hybridized carbons (Fsp3) is 0. The van der Waals surface area contributed by atoms with Crippen LogP contribution in [0.3, 0.4) is 0 Å². The first-order valence-corrected chi connectivity index (χ1v) is 6.94. The van der Waals surface area contributed by atoms with Gasteiger partial charge in [-0.25, -0.2) is 9.37 Å². The van der Waals surface area contributed by atoms with E-state index in [-0.39, 0.29) is 11.6 Å². The second-order valence-corrected chi connectivity index (χ2v) is 5.66. The predicted molar refractivity (Wildman–Crippen MR) is 81.4 cm³/mol. The third kappa shape index (κ3) is 1.90. The summed E-state index contributed by atoms with van der Waals surface area (Å²) in [6.45, 7) is 0. The lowest BCUT2D eigenvalue weighted by Crippen LogP contribution is -1.84. The summed E-state index contributed by atoms with van der Waals surface area (Å²) in [5, 5.41) is 0.507. The second-order valence-electron chi connectivity index (χ2n) is 4.59. The molecule has 0 amide bonds. The molecule has 21 heavy (non-hydrogen) atoms. The summed E-state index contributed by atoms with van der Waals surface area (Å²) in [5.41, 5.74) is 13.9. The summed E-state index contributed by atoms with van der Waals surface area (Å²) in [7, 11) is 0. The van der Waals surface area contributed by atoms with Gasteiger partial charge in [0.1, 0.15) is 5.52 Å². The Kier molecular flexibility index (Phi) is 2.40. The molecule has 0 bridgehead atoms. The van der Waals surface area contributed by atoms with Crippen LogP contribution in [0, 0.1) is 5.82 Å². The minimum atomic E-state index is -0.496. The molecule has 4 aromatic rings. The zero-order chi connectivity index (χ0) is 14.6. The van der Waals surface area contributed by atoms with Crippen LogP contribution in [-0.4, -0.2) is 9.97 Å². The van der Waals surface area contributed by atoms with Gasteiger partial charge in [0, 0.05) is 0 Å². The van der Waals surface area contributed by atoms with Crippen LogP contribution in [0.2, 0.25) is 0 Å². The van der Waals surface area contributed by atoms with Crippen molar-refractivity contribution in [2.24, 2.45) is 0 Å². The van der Waals surface area contributed by atoms with E-state index in [1.165, 1.54) is 17.4 Å². The van der Waals surface area contributed by atoms with Gasteiger partial charge in [0.05, 0.1) is 10.2 Å². The van der Waals surface area contributed by atoms with Gasteiger partial charge in [-0.1, -0.05) is 17.4 Å². The van der Waals surface area contributed by atoms with Crippen LogP contribution in [0.25, 0.3) is 32.4 Å². The van der Waals surface area contributed by atoms with Crippen molar-refractivity contribution in [3.8, 4) is 11.1 Å². The Labute approximate surface area is 122 Å². The number of aromatic nitrogens is 2. The molecule has 5 nitrogen and oxygen atoms in total. The van der Waals surface area contributed by atoms with E-state index in [9.17, 15) is 4.39 Å². The van der Waals surface area contributed by atoms with Crippen LogP contribution in [0.15, 0.2) is 34.7 Å². The molecule has 2 aromatic heterocycles. The highest BCUT2D eigenvalue weighted by molar-refractivity contribution is 7.22. The highest BCUT2D eigenvalue weighted by Crippen LogP contribution is 2.31. The van der Waals surface area contributed by atoms with E-state index >= 15 is 0 Å². The van der Waals surface area contributed by atoms with Crippen molar-refractivity contribution in [2.45, 2.75) is 0 Å². The Hall–Kier alpha value is -2.67. The Balaban J connectivity index is 1.94. The van der Waals surface area contributed by atoms with Crippen LogP contribution in [0.5, 0.6) is 0 Å². The molecular formula is C14H9FN4OS. The summed E-state index contributed by atoms with van der Waals surface area (Å²) >= 11 is 1.41. The number of anilines is 2. The third-order valence-corrected chi connectivity index (χ3v) is 4.06. The van der Waals surface area contributed by atoms with Crippen LogP contribution in [0.1, 0.15) is 0 Å². The molecule has 4 N–H and O–H groups in total. The van der Waals surface area contributed by atoms with Crippen molar-refractivity contribution in [3.63, 3.8) is 0 Å². The predicted octanol–water partition coefficient (Wildman–Crippen LogP) is 3.41. The summed E-state index contributed by atoms with van der Waals surface area (Å²) in [4.78, 5) is 8.20. The van der Waals surface area contributed by atoms with Crippen LogP contribution in [-0.2, 0) is 0 Å². The first kappa shape index (κ1) is 12.1. The van der Waals surface area contributed by atoms with Gasteiger partial charge in [-0.2, -0.15) is 4.98 Å². The van der Waals surface area contributed by atoms with Crippen molar-refractivity contribution in [2.75, 3.05) is 11.5 Å². The van der Waals surface area contributed by atoms with Crippen molar-refractivity contribution >= 4 is 43.8 Å². The largest absolute Gasteiger partial charge is 0.421 e. The van der Waals surface area contributed by atoms with Gasteiger partial charge in [0.2, 0.25) is 0 Å². The Morgan fingerprint density at radius 2 is 1.81 bits per heavy atom. The van der Waals surface area contributed by atoms with Crippen LogP contribution >= 0.6 is 11.3 Å². The standard InChI is InChI=1S/C14H9FN4OS/c15-8-3-7(5-10-12(8)20-13(16)18-10)6-1-2-11-9(4-6)19-14(17)21-11/h1-5H,(H2,16,18)(H2,17,19). The van der Waals surface area contributed by atoms with Crippen LogP contribution in [0.4, 0.5) is 15.5 Å². The molecular weight excluding hydrogens is 291 g/mol. The number of benzene rings is 2. The van der Waals surface area contributed by atoms with E-state index < -0.39 is 5.82 Å². The number of nitrogens with two attached hydrogens (primary N) is 2. The van der Waals surface area contributed by atoms with Gasteiger partial charge in [-0.05, 0) is 35.4 Å². The lowest BCUT2D eigenvalue weighted by atomic mass is 10.0. The number of nitrogen functional groups attached to an aromatic ring is 2. The molecule has 4 rings (SSSR count). The molecule has 0 unspecified atom stereocenters. The normalized spacial score (nSPS) is 11.5. The van der Waals surface area contributed by atoms with Crippen molar-refractivity contribution in [1.82, 2.24) is 9.97 Å². The number of hydrogen-bond donors (Lipinski definition) is 2. The maximum atomic E-state index is 14.0. The number of halogens is 1. The molecule has 0 aliphatic carbocycles. The fourth-order valence-electron chi connectivity index (χ4n) is 2.30. The molecule has 0 atom stereocenters. The fourth-order valence-corrected chi connectivity index (χ4v) is 3.02. The number of fused-ring (bicyclic) bond motifs is 2. The maximum absolute atomic E-state index is 14.0. The van der Waals surface area contributed by atoms with E-state index in [1.54, 1.807) is 6.07 Å². The smallest absolute Gasteiger partial charge is 0.293 e. The van der Waals surface area contributed by atoms with Gasteiger partial charge >= 0.3 is 0 Å². The van der Waals surface area contributed by atoms with Gasteiger partial charge in [-0.3, -0.25) is 0 Å². The molecule has 0 saturated heterocycles. The topological polar surface area (TPSA) is 91.0 Å². The van der Waals surface area contributed by atoms with E-state index in [2.05, 4.69) is 9.97 Å². The third-order valence-electron chi connectivity index (χ3n) is 3.20. The highest BCUT2D eigenvalue weighted by Gasteiger charge is 2.12. The van der Waals surface area contributed by atoms with E-state index in [1.807, 2.05) is 18.2 Å². The SMILES string of the molecule is Nc1nc2cc(-c3ccc4sc(N)nc4c3)cc(F)c2o1. The second kappa shape index (κ2) is 4.16. The van der Waals surface area contributed by atoms with E-state index in [0.717, 1.165) is 15.8 Å². The summed E-state index contributed by atoms with van der Waals surface area (Å²) < 4.78 is 20.1. The molecule has 0 spiro atoms. The molecule has 104 valence electrons. The highest BCUT2D eigenvalue weighted by atomic mass is 32.1. The molecule has 0 fully saturated rings. The molecule has 0 radical (unpaired) electrons. The van der Waals surface area contributed by atoms with E-state index in [4.69, 9.17) is 15.9 Å². The summed E-state index contributed by atoms with van der Waals surface area (Å²) in [6.07, 6.45) is 0. The van der Waals surface area contributed by atoms with Gasteiger partial charge in [0.15, 0.2) is 16.5 Å². The number of rotatable bonds is 1. The number of oxazole rings is 1. The molecule has 0 aliphatic rings. The lowest BCUT2D eigenvalue weighted by Gasteiger charge is -2.02. The van der Waals surface area contributed by atoms with Gasteiger partial charge in [0.25, 0.3) is 6.01 Å². The van der Waals surface area contributed by atoms with Crippen LogP contribution < -0.4 is 11.5 Å². The summed E-state index contributed by atoms with van der Waals surface area (Å²) in [6, 6.07) is 8.75. The molecule has 2 aromatic carbocycles. The monoisotopic (exact) mass is 300 g/mol. The minimum Gasteiger partial charge on any atom is -0.421 e. The zero-order valence-corrected chi connectivity index (χ0v) is 11.4. The number of thiazole rings is 1. The average molecular weight is 300 g/mol. The Bertz CT molecular complexity index is 991. The average Bonchev–Trinajstić information content (AvgIpc) is 2.98. The molecule has 0 saturated carbocycles. The first-order valence-electron chi connectivity index (χ1n) is 6.12. The Morgan fingerprint density at radius 1 is 1.00 bits per heavy atom. The quantitative estimate of drug-likeness (QED) is 0.562. The zero-order valence-electron chi connectivity index (χ0n) is 10.6. The van der Waals surface area contributed by atoms with Crippen molar-refractivity contribution in [1.29, 1.82) is 0 Å². The van der Waals surface area contributed by atoms with E-state index in [0.29, 0.717) is 16.2 Å². The van der Waals surface area contributed by atoms with Gasteiger partial charge < -0.3 is 15.9 Å². The van der Waals surface area contributed by atoms with Crippen molar-refractivity contribution < 1.29 is 8.81 Å². The lowest BCUT2D eigenvalue weighted by molar-refractivity contribution is 0.568.